The number of fused-ring (bicyclic) bond motifs is 1. The normalized spacial score (nSPS) is 18.9. The zero-order valence-electron chi connectivity index (χ0n) is 20.2. The Bertz CT molecular complexity index is 1200. The lowest BCUT2D eigenvalue weighted by Crippen LogP contribution is -2.46. The first kappa shape index (κ1) is 24.4. The maximum absolute atomic E-state index is 13.6. The van der Waals surface area contributed by atoms with Gasteiger partial charge < -0.3 is 10.2 Å². The fourth-order valence-corrected chi connectivity index (χ4v) is 6.82. The van der Waals surface area contributed by atoms with Crippen molar-refractivity contribution in [3.63, 3.8) is 0 Å². The van der Waals surface area contributed by atoms with Crippen LogP contribution in [0.2, 0.25) is 0 Å². The lowest BCUT2D eigenvalue weighted by Gasteiger charge is -2.31. The molecular formula is C24H33N5O4S. The Morgan fingerprint density at radius 2 is 1.91 bits per heavy atom. The minimum Gasteiger partial charge on any atom is -0.354 e. The molecule has 1 aromatic heterocycles. The van der Waals surface area contributed by atoms with E-state index >= 15 is 0 Å². The zero-order chi connectivity index (χ0) is 24.6. The number of rotatable bonds is 6. The van der Waals surface area contributed by atoms with Gasteiger partial charge >= 0.3 is 0 Å². The van der Waals surface area contributed by atoms with Gasteiger partial charge in [0, 0.05) is 31.4 Å². The summed E-state index contributed by atoms with van der Waals surface area (Å²) in [5, 5.41) is 7.30. The summed E-state index contributed by atoms with van der Waals surface area (Å²) >= 11 is 0. The highest BCUT2D eigenvalue weighted by molar-refractivity contribution is 7.89. The molecule has 2 amide bonds. The number of nitrogens with one attached hydrogen (secondary N) is 1. The van der Waals surface area contributed by atoms with Crippen molar-refractivity contribution in [1.82, 2.24) is 19.4 Å². The van der Waals surface area contributed by atoms with Crippen molar-refractivity contribution < 1.29 is 18.0 Å². The van der Waals surface area contributed by atoms with Crippen molar-refractivity contribution in [1.29, 1.82) is 0 Å². The van der Waals surface area contributed by atoms with Gasteiger partial charge in [-0.25, -0.2) is 8.42 Å². The molecule has 1 N–H and O–H groups in total. The minimum atomic E-state index is -3.86. The van der Waals surface area contributed by atoms with Crippen molar-refractivity contribution in [2.24, 2.45) is 5.92 Å². The van der Waals surface area contributed by atoms with E-state index in [1.807, 2.05) is 38.1 Å². The average Bonchev–Trinajstić information content (AvgIpc) is 3.34. The van der Waals surface area contributed by atoms with Gasteiger partial charge in [0.05, 0.1) is 17.3 Å². The molecule has 9 nitrogen and oxygen atoms in total. The van der Waals surface area contributed by atoms with Crippen LogP contribution in [0.3, 0.4) is 0 Å². The molecule has 184 valence electrons. The maximum Gasteiger partial charge on any atom is 0.248 e. The van der Waals surface area contributed by atoms with Gasteiger partial charge in [-0.3, -0.25) is 14.3 Å². The maximum atomic E-state index is 13.6. The fraction of sp³-hybridized carbons (Fsp3) is 0.542. The van der Waals surface area contributed by atoms with Crippen LogP contribution in [-0.2, 0) is 32.6 Å². The van der Waals surface area contributed by atoms with Crippen molar-refractivity contribution in [3.8, 4) is 0 Å². The molecule has 0 aliphatic carbocycles. The summed E-state index contributed by atoms with van der Waals surface area (Å²) in [7, 11) is -3.86. The van der Waals surface area contributed by atoms with E-state index in [-0.39, 0.29) is 41.8 Å². The second-order valence-corrected chi connectivity index (χ2v) is 11.3. The number of nitrogens with zero attached hydrogens (tertiary/aromatic N) is 4. The summed E-state index contributed by atoms with van der Waals surface area (Å²) in [6, 6.07) is 7.82. The van der Waals surface area contributed by atoms with Gasteiger partial charge in [0.1, 0.15) is 11.4 Å². The van der Waals surface area contributed by atoms with Crippen LogP contribution in [0.4, 0.5) is 5.69 Å². The smallest absolute Gasteiger partial charge is 0.248 e. The Kier molecular flexibility index (Phi) is 6.82. The molecule has 10 heteroatoms. The number of anilines is 1. The molecule has 0 bridgehead atoms. The third-order valence-corrected chi connectivity index (χ3v) is 8.69. The minimum absolute atomic E-state index is 0.00214. The second-order valence-electron chi connectivity index (χ2n) is 9.45. The Labute approximate surface area is 201 Å². The van der Waals surface area contributed by atoms with Gasteiger partial charge in [-0.2, -0.15) is 9.40 Å². The molecule has 4 rings (SSSR count). The number of aromatic nitrogens is 2. The first-order chi connectivity index (χ1) is 16.1. The first-order valence-corrected chi connectivity index (χ1v) is 13.3. The van der Waals surface area contributed by atoms with Crippen molar-refractivity contribution in [2.75, 3.05) is 24.5 Å². The molecule has 1 aromatic carbocycles. The van der Waals surface area contributed by atoms with E-state index in [1.54, 1.807) is 18.7 Å². The molecule has 1 saturated heterocycles. The van der Waals surface area contributed by atoms with E-state index < -0.39 is 10.0 Å². The van der Waals surface area contributed by atoms with E-state index in [1.165, 1.54) is 8.99 Å². The SMILES string of the molecule is Cc1nn(CC(=O)N2CCc3ccccc32)c(C)c1S(=O)(=O)N1CCC[C@@H](C(=O)NC(C)C)C1. The Morgan fingerprint density at radius 3 is 2.65 bits per heavy atom. The zero-order valence-corrected chi connectivity index (χ0v) is 21.1. The van der Waals surface area contributed by atoms with Gasteiger partial charge in [0.2, 0.25) is 21.8 Å². The van der Waals surface area contributed by atoms with Crippen LogP contribution in [0.5, 0.6) is 0 Å². The lowest BCUT2D eigenvalue weighted by molar-refractivity contribution is -0.126. The van der Waals surface area contributed by atoms with Gasteiger partial charge in [0.25, 0.3) is 0 Å². The molecule has 2 aromatic rings. The quantitative estimate of drug-likeness (QED) is 0.671. The highest BCUT2D eigenvalue weighted by Gasteiger charge is 2.37. The molecule has 1 atom stereocenters. The number of carbonyl (C=O) groups is 2. The number of para-hydroxylation sites is 1. The van der Waals surface area contributed by atoms with Crippen LogP contribution >= 0.6 is 0 Å². The van der Waals surface area contributed by atoms with Crippen LogP contribution in [0, 0.1) is 19.8 Å². The number of hydrogen-bond acceptors (Lipinski definition) is 5. The molecule has 2 aliphatic rings. The number of carbonyl (C=O) groups excluding carboxylic acids is 2. The fourth-order valence-electron chi connectivity index (χ4n) is 4.92. The molecule has 34 heavy (non-hydrogen) atoms. The van der Waals surface area contributed by atoms with Gasteiger partial charge in [-0.15, -0.1) is 0 Å². The van der Waals surface area contributed by atoms with Crippen LogP contribution in [0.1, 0.15) is 43.6 Å². The van der Waals surface area contributed by atoms with Gasteiger partial charge in [0.15, 0.2) is 0 Å². The lowest BCUT2D eigenvalue weighted by atomic mass is 9.98. The summed E-state index contributed by atoms with van der Waals surface area (Å²) < 4.78 is 30.0. The summed E-state index contributed by atoms with van der Waals surface area (Å²) in [5.74, 6) is -0.614. The molecule has 3 heterocycles. The largest absolute Gasteiger partial charge is 0.354 e. The molecule has 0 radical (unpaired) electrons. The van der Waals surface area contributed by atoms with Crippen LogP contribution in [0.25, 0.3) is 0 Å². The van der Waals surface area contributed by atoms with E-state index in [9.17, 15) is 18.0 Å². The Balaban J connectivity index is 1.53. The van der Waals surface area contributed by atoms with Crippen LogP contribution < -0.4 is 10.2 Å². The second kappa shape index (κ2) is 9.50. The van der Waals surface area contributed by atoms with E-state index in [0.29, 0.717) is 37.3 Å². The van der Waals surface area contributed by atoms with Crippen molar-refractivity contribution in [2.45, 2.75) is 64.4 Å². The number of amides is 2. The molecule has 2 aliphatic heterocycles. The number of hydrogen-bond donors (Lipinski definition) is 1. The van der Waals surface area contributed by atoms with Gasteiger partial charge in [-0.05, 0) is 58.6 Å². The summed E-state index contributed by atoms with van der Waals surface area (Å²) in [6.07, 6.45) is 2.08. The summed E-state index contributed by atoms with van der Waals surface area (Å²) in [6.45, 7) is 8.20. The summed E-state index contributed by atoms with van der Waals surface area (Å²) in [5.41, 5.74) is 2.84. The van der Waals surface area contributed by atoms with Crippen LogP contribution in [-0.4, -0.2) is 60.0 Å². The van der Waals surface area contributed by atoms with Gasteiger partial charge in [-0.1, -0.05) is 18.2 Å². The topological polar surface area (TPSA) is 105 Å². The highest BCUT2D eigenvalue weighted by atomic mass is 32.2. The molecular weight excluding hydrogens is 454 g/mol. The summed E-state index contributed by atoms with van der Waals surface area (Å²) in [4.78, 5) is 27.4. The predicted octanol–water partition coefficient (Wildman–Crippen LogP) is 2.01. The number of aryl methyl sites for hydroxylation is 1. The predicted molar refractivity (Wildman–Crippen MR) is 129 cm³/mol. The number of piperidine rings is 1. The van der Waals surface area contributed by atoms with Crippen LogP contribution in [0.15, 0.2) is 29.2 Å². The standard InChI is InChI=1S/C24H33N5O4S/c1-16(2)25-24(31)20-9-7-12-27(14-20)34(32,33)23-17(3)26-29(18(23)4)15-22(30)28-13-11-19-8-5-6-10-21(19)28/h5-6,8,10,16,20H,7,9,11-15H2,1-4H3,(H,25,31)/t20-/m1/s1. The van der Waals surface area contributed by atoms with E-state index in [4.69, 9.17) is 0 Å². The molecule has 1 fully saturated rings. The highest BCUT2D eigenvalue weighted by Crippen LogP contribution is 2.30. The molecule has 0 saturated carbocycles. The van der Waals surface area contributed by atoms with E-state index in [0.717, 1.165) is 17.7 Å². The monoisotopic (exact) mass is 487 g/mol. The number of sulfonamides is 1. The molecule has 0 spiro atoms. The Morgan fingerprint density at radius 1 is 1.18 bits per heavy atom. The third kappa shape index (κ3) is 4.61. The van der Waals surface area contributed by atoms with Crippen molar-refractivity contribution >= 4 is 27.5 Å². The Hall–Kier alpha value is -2.72. The van der Waals surface area contributed by atoms with Crippen molar-refractivity contribution in [3.05, 3.63) is 41.2 Å². The average molecular weight is 488 g/mol. The third-order valence-electron chi connectivity index (χ3n) is 6.57. The van der Waals surface area contributed by atoms with E-state index in [2.05, 4.69) is 10.4 Å². The first-order valence-electron chi connectivity index (χ1n) is 11.8. The number of benzene rings is 1. The molecule has 0 unspecified atom stereocenters.